The topological polar surface area (TPSA) is 63.9 Å². The van der Waals surface area contributed by atoms with Crippen molar-refractivity contribution >= 4 is 16.8 Å². The molecule has 7 heteroatoms. The predicted octanol–water partition coefficient (Wildman–Crippen LogP) is 3.32. The van der Waals surface area contributed by atoms with Gasteiger partial charge >= 0.3 is 0 Å². The summed E-state index contributed by atoms with van der Waals surface area (Å²) in [5.74, 6) is 0.0513. The average Bonchev–Trinajstić information content (AvgIpc) is 3.17. The number of rotatable bonds is 3. The molecule has 4 aromatic rings. The zero-order valence-electron chi connectivity index (χ0n) is 14.8. The molecule has 0 aliphatic rings. The molecule has 6 nitrogen and oxygen atoms in total. The first-order chi connectivity index (χ1) is 13.0. The highest BCUT2D eigenvalue weighted by Crippen LogP contribution is 2.26. The molecule has 0 bridgehead atoms. The Bertz CT molecular complexity index is 1140. The van der Waals surface area contributed by atoms with Gasteiger partial charge in [0, 0.05) is 37.4 Å². The van der Waals surface area contributed by atoms with Crippen LogP contribution in [0.4, 0.5) is 4.39 Å². The van der Waals surface area contributed by atoms with Crippen molar-refractivity contribution in [2.24, 2.45) is 0 Å². The molecule has 0 aliphatic carbocycles. The normalized spacial score (nSPS) is 10.9. The Balaban J connectivity index is 1.87. The minimum atomic E-state index is -0.409. The van der Waals surface area contributed by atoms with Gasteiger partial charge in [0.2, 0.25) is 0 Å². The van der Waals surface area contributed by atoms with Gasteiger partial charge in [0.1, 0.15) is 5.82 Å². The van der Waals surface area contributed by atoms with Crippen LogP contribution in [0.1, 0.15) is 10.4 Å². The van der Waals surface area contributed by atoms with Crippen LogP contribution in [0.25, 0.3) is 28.0 Å². The Hall–Kier alpha value is -3.61. The molecule has 0 fully saturated rings. The van der Waals surface area contributed by atoms with Gasteiger partial charge < -0.3 is 4.90 Å². The van der Waals surface area contributed by atoms with Crippen molar-refractivity contribution in [3.63, 3.8) is 0 Å². The van der Waals surface area contributed by atoms with Gasteiger partial charge in [0.25, 0.3) is 5.91 Å². The van der Waals surface area contributed by atoms with Gasteiger partial charge in [-0.3, -0.25) is 4.79 Å². The lowest BCUT2D eigenvalue weighted by Crippen LogP contribution is -2.22. The Kier molecular flexibility index (Phi) is 4.12. The summed E-state index contributed by atoms with van der Waals surface area (Å²) in [7, 11) is 3.32. The number of amides is 1. The van der Waals surface area contributed by atoms with Gasteiger partial charge in [0.05, 0.1) is 23.0 Å². The lowest BCUT2D eigenvalue weighted by molar-refractivity contribution is 0.0829. The van der Waals surface area contributed by atoms with Crippen molar-refractivity contribution < 1.29 is 9.18 Å². The highest BCUT2D eigenvalue weighted by Gasteiger charge is 2.17. The quantitative estimate of drug-likeness (QED) is 0.561. The van der Waals surface area contributed by atoms with Crippen molar-refractivity contribution in [1.29, 1.82) is 0 Å². The summed E-state index contributed by atoms with van der Waals surface area (Å²) >= 11 is 0. The molecule has 0 saturated carbocycles. The van der Waals surface area contributed by atoms with E-state index in [4.69, 9.17) is 0 Å². The van der Waals surface area contributed by atoms with Crippen LogP contribution >= 0.6 is 0 Å². The maximum Gasteiger partial charge on any atom is 0.254 e. The molecule has 4 rings (SSSR count). The second kappa shape index (κ2) is 6.60. The van der Waals surface area contributed by atoms with Gasteiger partial charge in [-0.25, -0.2) is 19.0 Å². The van der Waals surface area contributed by atoms with Crippen LogP contribution in [-0.4, -0.2) is 44.7 Å². The Morgan fingerprint density at radius 2 is 2.00 bits per heavy atom. The molecule has 0 N–H and O–H groups in total. The van der Waals surface area contributed by atoms with Gasteiger partial charge in [-0.15, -0.1) is 0 Å². The monoisotopic (exact) mass is 361 g/mol. The van der Waals surface area contributed by atoms with E-state index in [9.17, 15) is 9.18 Å². The number of fused-ring (bicyclic) bond motifs is 1. The number of halogens is 1. The van der Waals surface area contributed by atoms with E-state index in [1.807, 2.05) is 18.2 Å². The van der Waals surface area contributed by atoms with Crippen molar-refractivity contribution in [2.45, 2.75) is 0 Å². The third-order valence-corrected chi connectivity index (χ3v) is 4.17. The molecule has 1 aromatic carbocycles. The first-order valence-corrected chi connectivity index (χ1v) is 8.31. The molecule has 3 heterocycles. The van der Waals surface area contributed by atoms with E-state index in [1.54, 1.807) is 49.5 Å². The molecule has 0 saturated heterocycles. The number of hydrogen-bond acceptors (Lipinski definition) is 4. The van der Waals surface area contributed by atoms with Crippen LogP contribution < -0.4 is 0 Å². The number of pyridine rings is 2. The highest BCUT2D eigenvalue weighted by atomic mass is 19.1. The highest BCUT2D eigenvalue weighted by molar-refractivity contribution is 6.07. The van der Waals surface area contributed by atoms with Crippen LogP contribution in [0.2, 0.25) is 0 Å². The number of carbonyl (C=O) groups excluding carboxylic acids is 1. The molecule has 0 spiro atoms. The van der Waals surface area contributed by atoms with Crippen molar-refractivity contribution in [2.75, 3.05) is 14.1 Å². The van der Waals surface area contributed by atoms with Crippen molar-refractivity contribution in [1.82, 2.24) is 24.6 Å². The summed E-state index contributed by atoms with van der Waals surface area (Å²) in [4.78, 5) is 22.9. The summed E-state index contributed by atoms with van der Waals surface area (Å²) < 4.78 is 15.4. The van der Waals surface area contributed by atoms with E-state index in [0.29, 0.717) is 28.0 Å². The number of hydrogen-bond donors (Lipinski definition) is 0. The van der Waals surface area contributed by atoms with Gasteiger partial charge in [-0.1, -0.05) is 6.07 Å². The summed E-state index contributed by atoms with van der Waals surface area (Å²) in [5, 5.41) is 4.81. The Morgan fingerprint density at radius 1 is 1.15 bits per heavy atom. The van der Waals surface area contributed by atoms with Gasteiger partial charge in [-0.2, -0.15) is 5.10 Å². The second-order valence-electron chi connectivity index (χ2n) is 6.28. The van der Waals surface area contributed by atoms with Gasteiger partial charge in [-0.05, 0) is 36.4 Å². The maximum atomic E-state index is 13.7. The fourth-order valence-corrected chi connectivity index (χ4v) is 2.83. The van der Waals surface area contributed by atoms with E-state index in [0.717, 1.165) is 5.56 Å². The van der Waals surface area contributed by atoms with Crippen LogP contribution in [0.15, 0.2) is 61.1 Å². The summed E-state index contributed by atoms with van der Waals surface area (Å²) in [6.45, 7) is 0. The smallest absolute Gasteiger partial charge is 0.254 e. The summed E-state index contributed by atoms with van der Waals surface area (Å²) in [5.41, 5.74) is 2.26. The van der Waals surface area contributed by atoms with Crippen molar-refractivity contribution in [3.8, 4) is 17.1 Å². The number of aromatic nitrogens is 4. The number of benzene rings is 1. The predicted molar refractivity (Wildman–Crippen MR) is 100 cm³/mol. The molecular weight excluding hydrogens is 345 g/mol. The largest absolute Gasteiger partial charge is 0.345 e. The molecule has 1 amide bonds. The lowest BCUT2D eigenvalue weighted by Gasteiger charge is -2.13. The SMILES string of the molecule is CN(C)C(=O)c1cc(-c2cnn(-c3ccccn3)c2)nc2ccc(F)cc12. The first-order valence-electron chi connectivity index (χ1n) is 8.31. The van der Waals surface area contributed by atoms with Crippen LogP contribution in [-0.2, 0) is 0 Å². The number of nitrogens with zero attached hydrogens (tertiary/aromatic N) is 5. The molecule has 27 heavy (non-hydrogen) atoms. The zero-order chi connectivity index (χ0) is 19.0. The molecule has 0 atom stereocenters. The van der Waals surface area contributed by atoms with E-state index in [2.05, 4.69) is 15.1 Å². The fraction of sp³-hybridized carbons (Fsp3) is 0.100. The van der Waals surface area contributed by atoms with Gasteiger partial charge in [0.15, 0.2) is 5.82 Å². The van der Waals surface area contributed by atoms with Crippen LogP contribution in [0, 0.1) is 5.82 Å². The Labute approximate surface area is 154 Å². The molecule has 0 aliphatic heterocycles. The third kappa shape index (κ3) is 3.15. The van der Waals surface area contributed by atoms with Crippen LogP contribution in [0.3, 0.4) is 0 Å². The lowest BCUT2D eigenvalue weighted by atomic mass is 10.0. The van der Waals surface area contributed by atoms with E-state index >= 15 is 0 Å². The molecule has 0 radical (unpaired) electrons. The van der Waals surface area contributed by atoms with Crippen molar-refractivity contribution in [3.05, 3.63) is 72.4 Å². The van der Waals surface area contributed by atoms with E-state index < -0.39 is 5.82 Å². The molecule has 134 valence electrons. The molecular formula is C20H16FN5O. The van der Waals surface area contributed by atoms with Crippen LogP contribution in [0.5, 0.6) is 0 Å². The average molecular weight is 361 g/mol. The molecule has 0 unspecified atom stereocenters. The Morgan fingerprint density at radius 3 is 2.74 bits per heavy atom. The summed E-state index contributed by atoms with van der Waals surface area (Å²) in [6.07, 6.45) is 5.15. The van der Waals surface area contributed by atoms with E-state index in [-0.39, 0.29) is 5.91 Å². The minimum Gasteiger partial charge on any atom is -0.345 e. The maximum absolute atomic E-state index is 13.7. The first kappa shape index (κ1) is 16.8. The zero-order valence-corrected chi connectivity index (χ0v) is 14.8. The molecule has 3 aromatic heterocycles. The number of carbonyl (C=O) groups is 1. The van der Waals surface area contributed by atoms with E-state index in [1.165, 1.54) is 17.0 Å². The second-order valence-corrected chi connectivity index (χ2v) is 6.28. The third-order valence-electron chi connectivity index (χ3n) is 4.17. The standard InChI is InChI=1S/C20H16FN5O/c1-25(2)20(27)16-10-18(24-17-7-6-14(21)9-15(16)17)13-11-23-26(12-13)19-5-3-4-8-22-19/h3-12H,1-2H3. The minimum absolute atomic E-state index is 0.216. The fourth-order valence-electron chi connectivity index (χ4n) is 2.83. The summed E-state index contributed by atoms with van der Waals surface area (Å²) in [6, 6.07) is 11.5.